The number of hydrogen-bond donors (Lipinski definition) is 1. The lowest BCUT2D eigenvalue weighted by atomic mass is 9.98. The molecule has 140 valence electrons. The van der Waals surface area contributed by atoms with Crippen molar-refractivity contribution in [1.29, 1.82) is 5.26 Å². The molecule has 0 radical (unpaired) electrons. The lowest BCUT2D eigenvalue weighted by molar-refractivity contribution is -0.142. The molecule has 3 rings (SSSR count). The van der Waals surface area contributed by atoms with Crippen LogP contribution in [-0.2, 0) is 17.3 Å². The van der Waals surface area contributed by atoms with Gasteiger partial charge >= 0.3 is 11.8 Å². The Balaban J connectivity index is 2.11. The van der Waals surface area contributed by atoms with E-state index in [1.165, 1.54) is 12.1 Å². The molecule has 5 nitrogen and oxygen atoms in total. The maximum Gasteiger partial charge on any atom is 0.352 e. The van der Waals surface area contributed by atoms with Gasteiger partial charge in [-0.2, -0.15) is 14.0 Å². The molecular formula is C17H10ClF4N3O2. The maximum atomic E-state index is 14.6. The Labute approximate surface area is 155 Å². The molecule has 1 atom stereocenters. The van der Waals surface area contributed by atoms with E-state index < -0.39 is 42.0 Å². The molecule has 10 heteroatoms. The van der Waals surface area contributed by atoms with E-state index in [0.29, 0.717) is 4.90 Å². The number of nitriles is 1. The van der Waals surface area contributed by atoms with E-state index in [9.17, 15) is 27.5 Å². The van der Waals surface area contributed by atoms with Crippen LogP contribution in [0.25, 0.3) is 0 Å². The quantitative estimate of drug-likeness (QED) is 0.798. The summed E-state index contributed by atoms with van der Waals surface area (Å²) in [6, 6.07) is 6.28. The van der Waals surface area contributed by atoms with Gasteiger partial charge < -0.3 is 10.0 Å². The molecule has 1 aromatic carbocycles. The minimum atomic E-state index is -4.10. The molecule has 1 amide bonds. The minimum absolute atomic E-state index is 0.0325. The average molecular weight is 400 g/mol. The lowest BCUT2D eigenvalue weighted by Gasteiger charge is -2.18. The van der Waals surface area contributed by atoms with Crippen molar-refractivity contribution >= 4 is 23.2 Å². The van der Waals surface area contributed by atoms with Gasteiger partial charge in [-0.25, -0.2) is 13.8 Å². The number of aliphatic hydroxyl groups excluding tert-OH is 1. The zero-order chi connectivity index (χ0) is 19.9. The lowest BCUT2D eigenvalue weighted by Crippen LogP contribution is -2.34. The second kappa shape index (κ2) is 6.79. The van der Waals surface area contributed by atoms with E-state index in [-0.39, 0.29) is 22.0 Å². The topological polar surface area (TPSA) is 77.2 Å². The van der Waals surface area contributed by atoms with Crippen LogP contribution in [0.4, 0.5) is 23.2 Å². The molecule has 0 fully saturated rings. The summed E-state index contributed by atoms with van der Waals surface area (Å²) in [6.45, 7) is -0.425. The third-order valence-electron chi connectivity index (χ3n) is 4.13. The summed E-state index contributed by atoms with van der Waals surface area (Å²) >= 11 is 5.96. The van der Waals surface area contributed by atoms with Crippen LogP contribution < -0.4 is 4.90 Å². The van der Waals surface area contributed by atoms with Gasteiger partial charge in [0.25, 0.3) is 6.43 Å². The number of hydrogen-bond acceptors (Lipinski definition) is 4. The van der Waals surface area contributed by atoms with E-state index in [2.05, 4.69) is 4.98 Å². The van der Waals surface area contributed by atoms with Gasteiger partial charge in [0.15, 0.2) is 0 Å². The van der Waals surface area contributed by atoms with E-state index in [1.54, 1.807) is 6.07 Å². The van der Waals surface area contributed by atoms with Crippen LogP contribution >= 0.6 is 11.6 Å². The van der Waals surface area contributed by atoms with E-state index >= 15 is 0 Å². The first kappa shape index (κ1) is 19.1. The predicted molar refractivity (Wildman–Crippen MR) is 86.5 cm³/mol. The van der Waals surface area contributed by atoms with Gasteiger partial charge in [-0.3, -0.25) is 4.79 Å². The second-order valence-electron chi connectivity index (χ2n) is 5.76. The molecule has 0 saturated carbocycles. The van der Waals surface area contributed by atoms with Crippen molar-refractivity contribution in [3.63, 3.8) is 0 Å². The van der Waals surface area contributed by atoms with Gasteiger partial charge in [-0.05, 0) is 23.3 Å². The van der Waals surface area contributed by atoms with Crippen molar-refractivity contribution in [3.05, 3.63) is 57.9 Å². The number of anilines is 1. The number of benzene rings is 1. The minimum Gasteiger partial charge on any atom is -0.382 e. The van der Waals surface area contributed by atoms with Gasteiger partial charge in [0.1, 0.15) is 17.9 Å². The zero-order valence-electron chi connectivity index (χ0n) is 13.3. The molecule has 0 bridgehead atoms. The fraction of sp³-hybridized carbons (Fsp3) is 0.235. The number of amides is 1. The first-order chi connectivity index (χ1) is 12.7. The number of aliphatic hydroxyl groups is 1. The molecule has 1 aliphatic heterocycles. The molecule has 2 aromatic rings. The number of carbonyl (C=O) groups excluding carboxylic acids is 1. The highest BCUT2D eigenvalue weighted by molar-refractivity contribution is 6.31. The number of alkyl halides is 4. The highest BCUT2D eigenvalue weighted by atomic mass is 35.5. The summed E-state index contributed by atoms with van der Waals surface area (Å²) in [5, 5.41) is 18.5. The van der Waals surface area contributed by atoms with E-state index in [4.69, 9.17) is 16.9 Å². The fourth-order valence-corrected chi connectivity index (χ4v) is 3.05. The summed E-state index contributed by atoms with van der Waals surface area (Å²) < 4.78 is 54.9. The molecule has 1 aliphatic rings. The van der Waals surface area contributed by atoms with Crippen molar-refractivity contribution < 1.29 is 27.5 Å². The molecule has 27 heavy (non-hydrogen) atoms. The van der Waals surface area contributed by atoms with Crippen molar-refractivity contribution in [1.82, 2.24) is 4.98 Å². The van der Waals surface area contributed by atoms with Crippen molar-refractivity contribution in [2.24, 2.45) is 0 Å². The van der Waals surface area contributed by atoms with Crippen LogP contribution in [0.2, 0.25) is 5.02 Å². The van der Waals surface area contributed by atoms with Crippen LogP contribution in [0.5, 0.6) is 0 Å². The van der Waals surface area contributed by atoms with Gasteiger partial charge in [0.2, 0.25) is 0 Å². The Kier molecular flexibility index (Phi) is 4.80. The number of halogens is 5. The van der Waals surface area contributed by atoms with Crippen LogP contribution in [0.15, 0.2) is 30.5 Å². The van der Waals surface area contributed by atoms with Crippen LogP contribution in [0.3, 0.4) is 0 Å². The van der Waals surface area contributed by atoms with Gasteiger partial charge in [0, 0.05) is 6.20 Å². The Morgan fingerprint density at radius 1 is 1.37 bits per heavy atom. The fourth-order valence-electron chi connectivity index (χ4n) is 2.88. The Hall–Kier alpha value is -2.70. The standard InChI is InChI=1S/C17H10ClF4N3O2/c18-11-6-24-9(5-23)4-8(11)7-25-12-3-1-2-10(14(26)15(19)20)13(12)17(21,22)16(25)27/h1-4,6,14-15,26H,7H2. The summed E-state index contributed by atoms with van der Waals surface area (Å²) in [4.78, 5) is 16.7. The Bertz CT molecular complexity index is 962. The number of carbonyl (C=O) groups is 1. The smallest absolute Gasteiger partial charge is 0.352 e. The van der Waals surface area contributed by atoms with Gasteiger partial charge in [-0.1, -0.05) is 23.7 Å². The van der Waals surface area contributed by atoms with Crippen LogP contribution in [0.1, 0.15) is 28.5 Å². The van der Waals surface area contributed by atoms with Crippen molar-refractivity contribution in [3.8, 4) is 6.07 Å². The molecule has 0 spiro atoms. The third kappa shape index (κ3) is 3.11. The number of pyridine rings is 1. The molecule has 1 N–H and O–H groups in total. The Morgan fingerprint density at radius 2 is 2.07 bits per heavy atom. The van der Waals surface area contributed by atoms with Gasteiger partial charge in [-0.15, -0.1) is 0 Å². The number of rotatable bonds is 4. The number of aromatic nitrogens is 1. The Morgan fingerprint density at radius 3 is 2.70 bits per heavy atom. The van der Waals surface area contributed by atoms with E-state index in [0.717, 1.165) is 18.3 Å². The van der Waals surface area contributed by atoms with E-state index in [1.807, 2.05) is 0 Å². The normalized spacial score (nSPS) is 16.4. The molecule has 1 unspecified atom stereocenters. The molecule has 1 aromatic heterocycles. The highest BCUT2D eigenvalue weighted by Gasteiger charge is 2.55. The third-order valence-corrected chi connectivity index (χ3v) is 4.47. The first-order valence-corrected chi connectivity index (χ1v) is 7.90. The largest absolute Gasteiger partial charge is 0.382 e. The number of fused-ring (bicyclic) bond motifs is 1. The molecule has 2 heterocycles. The summed E-state index contributed by atoms with van der Waals surface area (Å²) in [5.74, 6) is -5.74. The summed E-state index contributed by atoms with van der Waals surface area (Å²) in [6.07, 6.45) is -4.62. The SMILES string of the molecule is N#Cc1cc(CN2C(=O)C(F)(F)c3c(C(O)C(F)F)cccc32)c(Cl)cn1. The summed E-state index contributed by atoms with van der Waals surface area (Å²) in [5.41, 5.74) is -1.85. The van der Waals surface area contributed by atoms with Gasteiger partial charge in [0.05, 0.1) is 22.8 Å². The molecular weight excluding hydrogens is 390 g/mol. The summed E-state index contributed by atoms with van der Waals surface area (Å²) in [7, 11) is 0. The molecule has 0 saturated heterocycles. The predicted octanol–water partition coefficient (Wildman–Crippen LogP) is 3.54. The first-order valence-electron chi connectivity index (χ1n) is 7.52. The highest BCUT2D eigenvalue weighted by Crippen LogP contribution is 2.48. The maximum absolute atomic E-state index is 14.6. The molecule has 0 aliphatic carbocycles. The monoisotopic (exact) mass is 399 g/mol. The van der Waals surface area contributed by atoms with Crippen molar-refractivity contribution in [2.45, 2.75) is 25.0 Å². The average Bonchev–Trinajstić information content (AvgIpc) is 2.83. The zero-order valence-corrected chi connectivity index (χ0v) is 14.1. The van der Waals surface area contributed by atoms with Crippen LogP contribution in [0, 0.1) is 11.3 Å². The number of nitrogens with zero attached hydrogens (tertiary/aromatic N) is 3. The van der Waals surface area contributed by atoms with Crippen LogP contribution in [-0.4, -0.2) is 22.4 Å². The van der Waals surface area contributed by atoms with Crippen molar-refractivity contribution in [2.75, 3.05) is 4.90 Å². The second-order valence-corrected chi connectivity index (χ2v) is 6.17.